The summed E-state index contributed by atoms with van der Waals surface area (Å²) >= 11 is 6.63. The Morgan fingerprint density at radius 3 is 2.67 bits per heavy atom. The van der Waals surface area contributed by atoms with Crippen LogP contribution in [-0.4, -0.2) is 33.1 Å². The number of ether oxygens (including phenoxy) is 1. The van der Waals surface area contributed by atoms with Crippen molar-refractivity contribution >= 4 is 56.2 Å². The molecule has 1 amide bonds. The molecule has 1 aromatic heterocycles. The van der Waals surface area contributed by atoms with E-state index in [1.165, 1.54) is 36.6 Å². The zero-order valence-electron chi connectivity index (χ0n) is 17.1. The van der Waals surface area contributed by atoms with E-state index in [0.717, 1.165) is 16.3 Å². The maximum absolute atomic E-state index is 12.5. The fourth-order valence-corrected chi connectivity index (χ4v) is 4.30. The average molecular weight is 481 g/mol. The molecule has 0 bridgehead atoms. The summed E-state index contributed by atoms with van der Waals surface area (Å²) in [7, 11) is 1.30. The average Bonchev–Trinajstić information content (AvgIpc) is 3.22. The van der Waals surface area contributed by atoms with Crippen LogP contribution in [0.25, 0.3) is 20.8 Å². The summed E-state index contributed by atoms with van der Waals surface area (Å²) in [4.78, 5) is 27.5. The highest BCUT2D eigenvalue weighted by Gasteiger charge is 2.19. The number of aromatic hydroxyl groups is 1. The molecule has 0 saturated heterocycles. The lowest BCUT2D eigenvalue weighted by Crippen LogP contribution is -2.34. The number of carbonyl (C=O) groups excluding carboxylic acids is 1. The Hall–Kier alpha value is -4.09. The number of rotatable bonds is 5. The fourth-order valence-electron chi connectivity index (χ4n) is 3.09. The van der Waals surface area contributed by atoms with Crippen LogP contribution >= 0.6 is 23.6 Å². The highest BCUT2D eigenvalue weighted by Crippen LogP contribution is 2.36. The second-order valence-corrected chi connectivity index (χ2v) is 8.21. The number of carbonyl (C=O) groups is 1. The molecule has 0 spiro atoms. The van der Waals surface area contributed by atoms with E-state index in [4.69, 9.17) is 17.0 Å². The standard InChI is InChI=1S/C22H16N4O5S2/c1-31-18-9-6-12(10-16(18)26(29)30)20(28)25-22(32)23-13-7-8-14(17(27)11-13)21-24-15-4-2-3-5-19(15)33-21/h2-11,27H,1H3,(H2,23,25,28,32). The van der Waals surface area contributed by atoms with Crippen LogP contribution in [0.5, 0.6) is 11.5 Å². The van der Waals surface area contributed by atoms with E-state index in [1.54, 1.807) is 12.1 Å². The number of nitrogens with one attached hydrogen (secondary N) is 2. The van der Waals surface area contributed by atoms with Crippen molar-refractivity contribution in [3.63, 3.8) is 0 Å². The molecule has 0 aliphatic carbocycles. The van der Waals surface area contributed by atoms with Crippen molar-refractivity contribution in [3.05, 3.63) is 76.3 Å². The van der Waals surface area contributed by atoms with Gasteiger partial charge in [0.2, 0.25) is 0 Å². The first-order valence-corrected chi connectivity index (χ1v) is 10.7. The van der Waals surface area contributed by atoms with Gasteiger partial charge < -0.3 is 15.2 Å². The molecular formula is C22H16N4O5S2. The number of nitrogens with zero attached hydrogens (tertiary/aromatic N) is 2. The molecule has 0 saturated carbocycles. The number of hydrogen-bond acceptors (Lipinski definition) is 8. The molecule has 166 valence electrons. The minimum absolute atomic E-state index is 0.000961. The molecule has 0 fully saturated rings. The number of thiocarbonyl (C=S) groups is 1. The molecule has 0 unspecified atom stereocenters. The van der Waals surface area contributed by atoms with Crippen molar-refractivity contribution in [2.45, 2.75) is 0 Å². The number of thiazole rings is 1. The van der Waals surface area contributed by atoms with E-state index in [2.05, 4.69) is 15.6 Å². The first-order chi connectivity index (χ1) is 15.9. The number of methoxy groups -OCH3 is 1. The Kier molecular flexibility index (Phi) is 6.16. The first-order valence-electron chi connectivity index (χ1n) is 9.49. The van der Waals surface area contributed by atoms with Gasteiger partial charge in [0.15, 0.2) is 10.9 Å². The summed E-state index contributed by atoms with van der Waals surface area (Å²) in [6.07, 6.45) is 0. The fraction of sp³-hybridized carbons (Fsp3) is 0.0455. The lowest BCUT2D eigenvalue weighted by molar-refractivity contribution is -0.385. The third-order valence-corrected chi connectivity index (χ3v) is 5.92. The third-order valence-electron chi connectivity index (χ3n) is 4.64. The number of phenolic OH excluding ortho intramolecular Hbond substituents is 1. The van der Waals surface area contributed by atoms with Crippen LogP contribution in [0.3, 0.4) is 0 Å². The second kappa shape index (κ2) is 9.18. The van der Waals surface area contributed by atoms with Crippen LogP contribution in [0.4, 0.5) is 11.4 Å². The van der Waals surface area contributed by atoms with Gasteiger partial charge in [0.25, 0.3) is 5.91 Å². The predicted octanol–water partition coefficient (Wildman–Crippen LogP) is 4.71. The number of nitro benzene ring substituents is 1. The van der Waals surface area contributed by atoms with Crippen molar-refractivity contribution in [2.24, 2.45) is 0 Å². The van der Waals surface area contributed by atoms with E-state index in [0.29, 0.717) is 16.3 Å². The smallest absolute Gasteiger partial charge is 0.311 e. The molecule has 0 aliphatic rings. The topological polar surface area (TPSA) is 127 Å². The molecule has 3 N–H and O–H groups in total. The van der Waals surface area contributed by atoms with E-state index in [-0.39, 0.29) is 27.9 Å². The van der Waals surface area contributed by atoms with Gasteiger partial charge in [-0.1, -0.05) is 12.1 Å². The molecule has 0 radical (unpaired) electrons. The maximum Gasteiger partial charge on any atom is 0.311 e. The van der Waals surface area contributed by atoms with Crippen molar-refractivity contribution in [3.8, 4) is 22.1 Å². The van der Waals surface area contributed by atoms with Gasteiger partial charge in [-0.2, -0.15) is 0 Å². The van der Waals surface area contributed by atoms with Gasteiger partial charge in [-0.15, -0.1) is 11.3 Å². The van der Waals surface area contributed by atoms with E-state index < -0.39 is 10.8 Å². The quantitative estimate of drug-likeness (QED) is 0.213. The minimum atomic E-state index is -0.637. The molecule has 3 aromatic carbocycles. The van der Waals surface area contributed by atoms with Crippen molar-refractivity contribution in [1.82, 2.24) is 10.3 Å². The second-order valence-electron chi connectivity index (χ2n) is 6.77. The van der Waals surface area contributed by atoms with Gasteiger partial charge in [-0.25, -0.2) is 4.98 Å². The highest BCUT2D eigenvalue weighted by atomic mass is 32.1. The molecular weight excluding hydrogens is 464 g/mol. The number of phenols is 1. The normalized spacial score (nSPS) is 10.6. The first kappa shape index (κ1) is 22.1. The summed E-state index contributed by atoms with van der Waals surface area (Å²) in [5, 5.41) is 27.6. The van der Waals surface area contributed by atoms with E-state index in [1.807, 2.05) is 24.3 Å². The van der Waals surface area contributed by atoms with Crippen molar-refractivity contribution < 1.29 is 19.6 Å². The number of para-hydroxylation sites is 1. The predicted molar refractivity (Wildman–Crippen MR) is 130 cm³/mol. The van der Waals surface area contributed by atoms with Gasteiger partial charge in [0.05, 0.1) is 27.8 Å². The lowest BCUT2D eigenvalue weighted by atomic mass is 10.1. The number of hydrogen-bond donors (Lipinski definition) is 3. The zero-order chi connectivity index (χ0) is 23.5. The van der Waals surface area contributed by atoms with Gasteiger partial charge in [-0.05, 0) is 48.6 Å². The van der Waals surface area contributed by atoms with Crippen LogP contribution in [0.1, 0.15) is 10.4 Å². The molecule has 4 aromatic rings. The molecule has 9 nitrogen and oxygen atoms in total. The Morgan fingerprint density at radius 2 is 1.97 bits per heavy atom. The van der Waals surface area contributed by atoms with Crippen LogP contribution in [0.15, 0.2) is 60.7 Å². The number of fused-ring (bicyclic) bond motifs is 1. The minimum Gasteiger partial charge on any atom is -0.507 e. The van der Waals surface area contributed by atoms with Crippen molar-refractivity contribution in [1.29, 1.82) is 0 Å². The number of nitro groups is 1. The number of benzene rings is 3. The van der Waals surface area contributed by atoms with Crippen LogP contribution in [0, 0.1) is 10.1 Å². The van der Waals surface area contributed by atoms with E-state index in [9.17, 15) is 20.0 Å². The third kappa shape index (κ3) is 4.73. The highest BCUT2D eigenvalue weighted by molar-refractivity contribution is 7.80. The van der Waals surface area contributed by atoms with Crippen LogP contribution in [-0.2, 0) is 0 Å². The Morgan fingerprint density at radius 1 is 1.18 bits per heavy atom. The summed E-state index contributed by atoms with van der Waals surface area (Å²) in [6, 6.07) is 16.4. The largest absolute Gasteiger partial charge is 0.507 e. The number of aromatic nitrogens is 1. The number of anilines is 1. The molecule has 0 atom stereocenters. The lowest BCUT2D eigenvalue weighted by Gasteiger charge is -2.11. The van der Waals surface area contributed by atoms with Crippen molar-refractivity contribution in [2.75, 3.05) is 12.4 Å². The molecule has 11 heteroatoms. The summed E-state index contributed by atoms with van der Waals surface area (Å²) < 4.78 is 5.94. The Bertz CT molecular complexity index is 1370. The summed E-state index contributed by atoms with van der Waals surface area (Å²) in [5.74, 6) is -0.589. The monoisotopic (exact) mass is 480 g/mol. The Labute approximate surface area is 196 Å². The molecule has 1 heterocycles. The van der Waals surface area contributed by atoms with Crippen LogP contribution in [0.2, 0.25) is 0 Å². The maximum atomic E-state index is 12.5. The Balaban J connectivity index is 1.46. The van der Waals surface area contributed by atoms with Gasteiger partial charge in [0.1, 0.15) is 10.8 Å². The molecule has 33 heavy (non-hydrogen) atoms. The number of amides is 1. The molecule has 4 rings (SSSR count). The SMILES string of the molecule is COc1ccc(C(=O)NC(=S)Nc2ccc(-c3nc4ccccc4s3)c(O)c2)cc1[N+](=O)[O-]. The van der Waals surface area contributed by atoms with E-state index >= 15 is 0 Å². The molecule has 0 aliphatic heterocycles. The summed E-state index contributed by atoms with van der Waals surface area (Å²) in [5.41, 5.74) is 1.58. The van der Waals surface area contributed by atoms with Gasteiger partial charge in [-0.3, -0.25) is 20.2 Å². The zero-order valence-corrected chi connectivity index (χ0v) is 18.7. The van der Waals surface area contributed by atoms with Crippen LogP contribution < -0.4 is 15.4 Å². The van der Waals surface area contributed by atoms with Gasteiger partial charge >= 0.3 is 5.69 Å². The summed E-state index contributed by atoms with van der Waals surface area (Å²) in [6.45, 7) is 0. The van der Waals surface area contributed by atoms with Gasteiger partial charge in [0, 0.05) is 23.4 Å².